The number of nitrogens with two attached hydrogens (primary N) is 1. The van der Waals surface area contributed by atoms with Gasteiger partial charge in [0.25, 0.3) is 5.88 Å². The molecular formula is C11H16N4O3. The average Bonchev–Trinajstić information content (AvgIpc) is 2.39. The number of nitrogens with zero attached hydrogens (tertiary/aromatic N) is 2. The van der Waals surface area contributed by atoms with Gasteiger partial charge in [0.1, 0.15) is 11.9 Å². The molecule has 0 atom stereocenters. The van der Waals surface area contributed by atoms with Crippen LogP contribution in [0.1, 0.15) is 32.1 Å². The number of rotatable bonds is 4. The van der Waals surface area contributed by atoms with Gasteiger partial charge in [0, 0.05) is 6.07 Å². The van der Waals surface area contributed by atoms with E-state index in [1.807, 2.05) is 0 Å². The van der Waals surface area contributed by atoms with Gasteiger partial charge in [-0.1, -0.05) is 6.42 Å². The normalized spacial score (nSPS) is 16.3. The van der Waals surface area contributed by atoms with Crippen molar-refractivity contribution in [2.45, 2.75) is 38.2 Å². The third kappa shape index (κ3) is 2.86. The van der Waals surface area contributed by atoms with E-state index in [0.717, 1.165) is 25.7 Å². The molecule has 0 bridgehead atoms. The molecule has 1 aromatic heterocycles. The van der Waals surface area contributed by atoms with E-state index in [9.17, 15) is 10.1 Å². The highest BCUT2D eigenvalue weighted by Gasteiger charge is 2.22. The lowest BCUT2D eigenvalue weighted by Crippen LogP contribution is -2.21. The fourth-order valence-corrected chi connectivity index (χ4v) is 2.08. The summed E-state index contributed by atoms with van der Waals surface area (Å²) < 4.78 is 5.64. The van der Waals surface area contributed by atoms with Gasteiger partial charge >= 0.3 is 5.69 Å². The van der Waals surface area contributed by atoms with Gasteiger partial charge in [0.05, 0.1) is 4.92 Å². The smallest absolute Gasteiger partial charge is 0.331 e. The number of aromatic nitrogens is 1. The van der Waals surface area contributed by atoms with Gasteiger partial charge in [0.2, 0.25) is 0 Å². The van der Waals surface area contributed by atoms with Crippen LogP contribution in [0.4, 0.5) is 11.5 Å². The van der Waals surface area contributed by atoms with E-state index in [1.165, 1.54) is 18.6 Å². The molecule has 0 spiro atoms. The minimum Gasteiger partial charge on any atom is -0.469 e. The van der Waals surface area contributed by atoms with Crippen molar-refractivity contribution in [3.63, 3.8) is 0 Å². The van der Waals surface area contributed by atoms with Crippen LogP contribution in [0.3, 0.4) is 0 Å². The minimum atomic E-state index is -0.495. The molecule has 1 aliphatic carbocycles. The van der Waals surface area contributed by atoms with Crippen LogP contribution in [0.5, 0.6) is 5.88 Å². The molecule has 18 heavy (non-hydrogen) atoms. The maximum atomic E-state index is 10.9. The number of nitrogens with one attached hydrogen (secondary N) is 1. The molecular weight excluding hydrogens is 236 g/mol. The lowest BCUT2D eigenvalue weighted by molar-refractivity contribution is -0.386. The molecule has 1 saturated carbocycles. The summed E-state index contributed by atoms with van der Waals surface area (Å²) in [6.45, 7) is 0. The maximum absolute atomic E-state index is 10.9. The lowest BCUT2D eigenvalue weighted by atomic mass is 9.98. The van der Waals surface area contributed by atoms with Gasteiger partial charge in [-0.05, 0) is 31.7 Å². The number of nitrogen functional groups attached to an aromatic ring is 1. The Balaban J connectivity index is 2.19. The summed E-state index contributed by atoms with van der Waals surface area (Å²) in [5.41, 5.74) is 2.23. The van der Waals surface area contributed by atoms with Crippen LogP contribution in [0.25, 0.3) is 0 Å². The predicted octanol–water partition coefficient (Wildman–Crippen LogP) is 1.99. The zero-order valence-electron chi connectivity index (χ0n) is 9.96. The standard InChI is InChI=1S/C11H16N4O3/c12-14-10-7-6-9(15(16)17)11(13-10)18-8-4-2-1-3-5-8/h6-8H,1-5,12H2,(H,13,14). The zero-order chi connectivity index (χ0) is 13.0. The highest BCUT2D eigenvalue weighted by atomic mass is 16.6. The summed E-state index contributed by atoms with van der Waals surface area (Å²) in [4.78, 5) is 14.4. The first kappa shape index (κ1) is 12.6. The second-order valence-electron chi connectivity index (χ2n) is 4.30. The number of pyridine rings is 1. The third-order valence-corrected chi connectivity index (χ3v) is 3.02. The van der Waals surface area contributed by atoms with E-state index in [2.05, 4.69) is 10.4 Å². The number of nitro groups is 1. The molecule has 0 amide bonds. The van der Waals surface area contributed by atoms with Crippen LogP contribution in [0.15, 0.2) is 12.1 Å². The lowest BCUT2D eigenvalue weighted by Gasteiger charge is -2.22. The first-order chi connectivity index (χ1) is 8.70. The van der Waals surface area contributed by atoms with Crippen molar-refractivity contribution in [1.29, 1.82) is 0 Å². The van der Waals surface area contributed by atoms with Gasteiger partial charge in [0.15, 0.2) is 0 Å². The van der Waals surface area contributed by atoms with E-state index in [1.54, 1.807) is 0 Å². The van der Waals surface area contributed by atoms with Gasteiger partial charge < -0.3 is 10.2 Å². The molecule has 1 fully saturated rings. The van der Waals surface area contributed by atoms with Gasteiger partial charge in [-0.15, -0.1) is 0 Å². The van der Waals surface area contributed by atoms with Crippen LogP contribution in [0.2, 0.25) is 0 Å². The SMILES string of the molecule is NNc1ccc([N+](=O)[O-])c(OC2CCCCC2)n1. The summed E-state index contributed by atoms with van der Waals surface area (Å²) >= 11 is 0. The molecule has 1 heterocycles. The second kappa shape index (κ2) is 5.63. The number of hydrogen-bond acceptors (Lipinski definition) is 6. The van der Waals surface area contributed by atoms with Crippen LogP contribution in [-0.2, 0) is 0 Å². The van der Waals surface area contributed by atoms with E-state index in [0.29, 0.717) is 5.82 Å². The topological polar surface area (TPSA) is 103 Å². The van der Waals surface area contributed by atoms with Crippen LogP contribution in [-0.4, -0.2) is 16.0 Å². The third-order valence-electron chi connectivity index (χ3n) is 3.02. The Morgan fingerprint density at radius 3 is 2.72 bits per heavy atom. The Kier molecular flexibility index (Phi) is 3.93. The van der Waals surface area contributed by atoms with Gasteiger partial charge in [-0.3, -0.25) is 10.1 Å². The van der Waals surface area contributed by atoms with E-state index >= 15 is 0 Å². The Labute approximate surface area is 104 Å². The van der Waals surface area contributed by atoms with Gasteiger partial charge in [-0.25, -0.2) is 5.84 Å². The van der Waals surface area contributed by atoms with Crippen molar-refractivity contribution >= 4 is 11.5 Å². The van der Waals surface area contributed by atoms with Crippen LogP contribution in [0, 0.1) is 10.1 Å². The van der Waals surface area contributed by atoms with E-state index < -0.39 is 4.92 Å². The highest BCUT2D eigenvalue weighted by Crippen LogP contribution is 2.30. The molecule has 0 unspecified atom stereocenters. The monoisotopic (exact) mass is 252 g/mol. The van der Waals surface area contributed by atoms with E-state index in [4.69, 9.17) is 10.6 Å². The first-order valence-corrected chi connectivity index (χ1v) is 5.99. The molecule has 0 radical (unpaired) electrons. The summed E-state index contributed by atoms with van der Waals surface area (Å²) in [7, 11) is 0. The molecule has 0 aromatic carbocycles. The molecule has 3 N–H and O–H groups in total. The van der Waals surface area contributed by atoms with Crippen molar-refractivity contribution in [2.75, 3.05) is 5.43 Å². The minimum absolute atomic E-state index is 0.0120. The van der Waals surface area contributed by atoms with E-state index in [-0.39, 0.29) is 17.7 Å². The Morgan fingerprint density at radius 2 is 2.11 bits per heavy atom. The summed E-state index contributed by atoms with van der Waals surface area (Å²) in [6, 6.07) is 2.80. The van der Waals surface area contributed by atoms with Crippen molar-refractivity contribution in [3.05, 3.63) is 22.2 Å². The summed E-state index contributed by atoms with van der Waals surface area (Å²) in [6.07, 6.45) is 5.22. The molecule has 0 aliphatic heterocycles. The second-order valence-corrected chi connectivity index (χ2v) is 4.30. The van der Waals surface area contributed by atoms with Crippen molar-refractivity contribution in [2.24, 2.45) is 5.84 Å². The molecule has 7 nitrogen and oxygen atoms in total. The Bertz CT molecular complexity index is 432. The van der Waals surface area contributed by atoms with Crippen molar-refractivity contribution in [1.82, 2.24) is 4.98 Å². The predicted molar refractivity (Wildman–Crippen MR) is 66.2 cm³/mol. The number of hydrazine groups is 1. The summed E-state index contributed by atoms with van der Waals surface area (Å²) in [5, 5.41) is 10.9. The molecule has 1 aromatic rings. The fourth-order valence-electron chi connectivity index (χ4n) is 2.08. The Morgan fingerprint density at radius 1 is 1.39 bits per heavy atom. The molecule has 2 rings (SSSR count). The molecule has 1 aliphatic rings. The van der Waals surface area contributed by atoms with Crippen LogP contribution >= 0.6 is 0 Å². The largest absolute Gasteiger partial charge is 0.469 e. The summed E-state index contributed by atoms with van der Waals surface area (Å²) in [5.74, 6) is 5.64. The van der Waals surface area contributed by atoms with Crippen molar-refractivity contribution < 1.29 is 9.66 Å². The maximum Gasteiger partial charge on any atom is 0.331 e. The fraction of sp³-hybridized carbons (Fsp3) is 0.545. The highest BCUT2D eigenvalue weighted by molar-refractivity contribution is 5.48. The average molecular weight is 252 g/mol. The first-order valence-electron chi connectivity index (χ1n) is 5.99. The molecule has 0 saturated heterocycles. The number of ether oxygens (including phenoxy) is 1. The van der Waals surface area contributed by atoms with Crippen LogP contribution < -0.4 is 16.0 Å². The zero-order valence-corrected chi connectivity index (χ0v) is 9.96. The molecule has 98 valence electrons. The number of hydrogen-bond donors (Lipinski definition) is 2. The van der Waals surface area contributed by atoms with Crippen molar-refractivity contribution in [3.8, 4) is 5.88 Å². The Hall–Kier alpha value is -1.89. The number of anilines is 1. The quantitative estimate of drug-likeness (QED) is 0.482. The molecule has 7 heteroatoms. The van der Waals surface area contributed by atoms with Gasteiger partial charge in [-0.2, -0.15) is 4.98 Å².